The Morgan fingerprint density at radius 3 is 2.00 bits per heavy atom. The smallest absolute Gasteiger partial charge is 0.203 e. The zero-order valence-electron chi connectivity index (χ0n) is 11.5. The van der Waals surface area contributed by atoms with Crippen LogP contribution in [0.2, 0.25) is 0 Å². The average molecular weight is 254 g/mol. The molecular formula is C13H22N2O3. The van der Waals surface area contributed by atoms with Gasteiger partial charge < -0.3 is 24.8 Å². The van der Waals surface area contributed by atoms with Gasteiger partial charge in [-0.05, 0) is 24.7 Å². The SMILES string of the molecule is CNCCNCc1cc(OC)c(OC)c(OC)c1. The van der Waals surface area contributed by atoms with Gasteiger partial charge in [0.2, 0.25) is 5.75 Å². The average Bonchev–Trinajstić information content (AvgIpc) is 2.42. The third-order valence-corrected chi connectivity index (χ3v) is 2.61. The molecule has 0 unspecified atom stereocenters. The number of benzene rings is 1. The van der Waals surface area contributed by atoms with Crippen molar-refractivity contribution < 1.29 is 14.2 Å². The van der Waals surface area contributed by atoms with Crippen LogP contribution in [0.4, 0.5) is 0 Å². The molecule has 0 saturated carbocycles. The summed E-state index contributed by atoms with van der Waals surface area (Å²) in [6.07, 6.45) is 0. The molecule has 0 fully saturated rings. The monoisotopic (exact) mass is 254 g/mol. The molecular weight excluding hydrogens is 232 g/mol. The molecule has 18 heavy (non-hydrogen) atoms. The van der Waals surface area contributed by atoms with Gasteiger partial charge in [0.15, 0.2) is 11.5 Å². The van der Waals surface area contributed by atoms with Crippen molar-refractivity contribution in [3.05, 3.63) is 17.7 Å². The van der Waals surface area contributed by atoms with E-state index in [1.807, 2.05) is 19.2 Å². The number of hydrogen-bond acceptors (Lipinski definition) is 5. The minimum absolute atomic E-state index is 0.624. The van der Waals surface area contributed by atoms with Gasteiger partial charge in [-0.15, -0.1) is 0 Å². The first kappa shape index (κ1) is 14.6. The molecule has 0 aromatic heterocycles. The molecule has 1 aromatic rings. The molecule has 1 rings (SSSR count). The molecule has 0 saturated heterocycles. The summed E-state index contributed by atoms with van der Waals surface area (Å²) in [4.78, 5) is 0. The first-order valence-corrected chi connectivity index (χ1v) is 5.91. The van der Waals surface area contributed by atoms with E-state index in [1.54, 1.807) is 21.3 Å². The Morgan fingerprint density at radius 2 is 1.56 bits per heavy atom. The summed E-state index contributed by atoms with van der Waals surface area (Å²) < 4.78 is 15.9. The molecule has 0 bridgehead atoms. The zero-order valence-corrected chi connectivity index (χ0v) is 11.5. The van der Waals surface area contributed by atoms with Gasteiger partial charge in [0.1, 0.15) is 0 Å². The zero-order chi connectivity index (χ0) is 13.4. The summed E-state index contributed by atoms with van der Waals surface area (Å²) in [6, 6.07) is 3.90. The maximum Gasteiger partial charge on any atom is 0.203 e. The normalized spacial score (nSPS) is 10.2. The largest absolute Gasteiger partial charge is 0.493 e. The van der Waals surface area contributed by atoms with E-state index in [2.05, 4.69) is 10.6 Å². The molecule has 2 N–H and O–H groups in total. The van der Waals surface area contributed by atoms with Crippen molar-refractivity contribution >= 4 is 0 Å². The lowest BCUT2D eigenvalue weighted by molar-refractivity contribution is 0.323. The van der Waals surface area contributed by atoms with Gasteiger partial charge in [0.05, 0.1) is 21.3 Å². The minimum Gasteiger partial charge on any atom is -0.493 e. The molecule has 0 aliphatic carbocycles. The summed E-state index contributed by atoms with van der Waals surface area (Å²) in [5, 5.41) is 6.41. The number of rotatable bonds is 8. The van der Waals surface area contributed by atoms with Gasteiger partial charge in [-0.25, -0.2) is 0 Å². The highest BCUT2D eigenvalue weighted by Gasteiger charge is 2.12. The molecule has 0 aliphatic heterocycles. The Balaban J connectivity index is 2.80. The standard InChI is InChI=1S/C13H22N2O3/c1-14-5-6-15-9-10-7-11(16-2)13(18-4)12(8-10)17-3/h7-8,14-15H,5-6,9H2,1-4H3. The number of hydrogen-bond donors (Lipinski definition) is 2. The number of nitrogens with one attached hydrogen (secondary N) is 2. The van der Waals surface area contributed by atoms with Gasteiger partial charge in [-0.1, -0.05) is 0 Å². The summed E-state index contributed by atoms with van der Waals surface area (Å²) in [6.45, 7) is 2.61. The Morgan fingerprint density at radius 1 is 0.944 bits per heavy atom. The highest BCUT2D eigenvalue weighted by molar-refractivity contribution is 5.53. The highest BCUT2D eigenvalue weighted by Crippen LogP contribution is 2.38. The number of ether oxygens (including phenoxy) is 3. The Bertz CT molecular complexity index is 344. The van der Waals surface area contributed by atoms with Crippen molar-refractivity contribution in [2.24, 2.45) is 0 Å². The van der Waals surface area contributed by atoms with Gasteiger partial charge >= 0.3 is 0 Å². The van der Waals surface area contributed by atoms with Gasteiger partial charge in [0, 0.05) is 19.6 Å². The van der Waals surface area contributed by atoms with Crippen LogP contribution in [0.15, 0.2) is 12.1 Å². The fraction of sp³-hybridized carbons (Fsp3) is 0.538. The van der Waals surface area contributed by atoms with Gasteiger partial charge in [-0.3, -0.25) is 0 Å². The Labute approximate surface area is 108 Å². The van der Waals surface area contributed by atoms with E-state index in [1.165, 1.54) is 0 Å². The van der Waals surface area contributed by atoms with E-state index in [0.29, 0.717) is 17.2 Å². The number of methoxy groups -OCH3 is 3. The van der Waals surface area contributed by atoms with Crippen LogP contribution in [-0.2, 0) is 6.54 Å². The van der Waals surface area contributed by atoms with E-state index in [0.717, 1.165) is 25.2 Å². The Hall–Kier alpha value is -1.46. The summed E-state index contributed by atoms with van der Waals surface area (Å²) >= 11 is 0. The molecule has 5 nitrogen and oxygen atoms in total. The van der Waals surface area contributed by atoms with Crippen LogP contribution < -0.4 is 24.8 Å². The van der Waals surface area contributed by atoms with E-state index >= 15 is 0 Å². The predicted molar refractivity (Wildman–Crippen MR) is 71.7 cm³/mol. The second kappa shape index (κ2) is 7.79. The van der Waals surface area contributed by atoms with E-state index in [4.69, 9.17) is 14.2 Å². The molecule has 5 heteroatoms. The molecule has 0 spiro atoms. The molecule has 0 amide bonds. The van der Waals surface area contributed by atoms with Gasteiger partial charge in [0.25, 0.3) is 0 Å². The third kappa shape index (κ3) is 3.78. The van der Waals surface area contributed by atoms with E-state index in [9.17, 15) is 0 Å². The van der Waals surface area contributed by atoms with Crippen LogP contribution in [-0.4, -0.2) is 41.5 Å². The fourth-order valence-corrected chi connectivity index (χ4v) is 1.68. The summed E-state index contributed by atoms with van der Waals surface area (Å²) in [7, 11) is 6.78. The fourth-order valence-electron chi connectivity index (χ4n) is 1.68. The lowest BCUT2D eigenvalue weighted by Gasteiger charge is -2.14. The molecule has 0 radical (unpaired) electrons. The van der Waals surface area contributed by atoms with Crippen LogP contribution in [0, 0.1) is 0 Å². The lowest BCUT2D eigenvalue weighted by Crippen LogP contribution is -2.24. The van der Waals surface area contributed by atoms with Crippen LogP contribution in [0.3, 0.4) is 0 Å². The molecule has 0 aliphatic rings. The summed E-state index contributed by atoms with van der Waals surface area (Å²) in [5.74, 6) is 1.99. The molecule has 0 heterocycles. The van der Waals surface area contributed by atoms with Crippen molar-refractivity contribution in [2.45, 2.75) is 6.54 Å². The maximum atomic E-state index is 5.30. The second-order valence-corrected chi connectivity index (χ2v) is 3.81. The van der Waals surface area contributed by atoms with Crippen molar-refractivity contribution in [2.75, 3.05) is 41.5 Å². The van der Waals surface area contributed by atoms with Crippen molar-refractivity contribution in [3.8, 4) is 17.2 Å². The van der Waals surface area contributed by atoms with Crippen molar-refractivity contribution in [3.63, 3.8) is 0 Å². The molecule has 102 valence electrons. The molecule has 0 atom stereocenters. The summed E-state index contributed by atoms with van der Waals surface area (Å²) in [5.41, 5.74) is 1.10. The number of likely N-dealkylation sites (N-methyl/N-ethyl adjacent to an activating group) is 1. The third-order valence-electron chi connectivity index (χ3n) is 2.61. The minimum atomic E-state index is 0.624. The van der Waals surface area contributed by atoms with Crippen LogP contribution in [0.5, 0.6) is 17.2 Å². The Kier molecular flexibility index (Phi) is 6.32. The van der Waals surface area contributed by atoms with Crippen molar-refractivity contribution in [1.29, 1.82) is 0 Å². The maximum absolute atomic E-state index is 5.30. The first-order chi connectivity index (χ1) is 8.76. The highest BCUT2D eigenvalue weighted by atomic mass is 16.5. The van der Waals surface area contributed by atoms with Crippen LogP contribution >= 0.6 is 0 Å². The van der Waals surface area contributed by atoms with Crippen molar-refractivity contribution in [1.82, 2.24) is 10.6 Å². The van der Waals surface area contributed by atoms with E-state index in [-0.39, 0.29) is 0 Å². The topological polar surface area (TPSA) is 51.8 Å². The second-order valence-electron chi connectivity index (χ2n) is 3.81. The quantitative estimate of drug-likeness (QED) is 0.678. The molecule has 1 aromatic carbocycles. The van der Waals surface area contributed by atoms with Crippen LogP contribution in [0.25, 0.3) is 0 Å². The first-order valence-electron chi connectivity index (χ1n) is 5.91. The lowest BCUT2D eigenvalue weighted by atomic mass is 10.2. The van der Waals surface area contributed by atoms with Gasteiger partial charge in [-0.2, -0.15) is 0 Å². The van der Waals surface area contributed by atoms with Crippen LogP contribution in [0.1, 0.15) is 5.56 Å². The van der Waals surface area contributed by atoms with E-state index < -0.39 is 0 Å². The predicted octanol–water partition coefficient (Wildman–Crippen LogP) is 1.02.